The summed E-state index contributed by atoms with van der Waals surface area (Å²) >= 11 is 0. The molecule has 5 nitrogen and oxygen atoms in total. The van der Waals surface area contributed by atoms with Crippen molar-refractivity contribution >= 4 is 0 Å². The molecule has 2 heterocycles. The van der Waals surface area contributed by atoms with Crippen LogP contribution in [0.5, 0.6) is 23.0 Å². The van der Waals surface area contributed by atoms with Gasteiger partial charge in [0.25, 0.3) is 0 Å². The molecule has 5 heteroatoms. The van der Waals surface area contributed by atoms with E-state index in [1.165, 1.54) is 18.4 Å². The van der Waals surface area contributed by atoms with Crippen LogP contribution in [0.4, 0.5) is 0 Å². The lowest BCUT2D eigenvalue weighted by Crippen LogP contribution is -2.33. The average Bonchev–Trinajstić information content (AvgIpc) is 3.20. The summed E-state index contributed by atoms with van der Waals surface area (Å²) < 4.78 is 28.8. The van der Waals surface area contributed by atoms with Crippen LogP contribution in [0.2, 0.25) is 0 Å². The Morgan fingerprint density at radius 1 is 0.852 bits per heavy atom. The average molecular weight is 368 g/mol. The van der Waals surface area contributed by atoms with E-state index in [4.69, 9.17) is 23.7 Å². The molecule has 5 rings (SSSR count). The predicted molar refractivity (Wildman–Crippen MR) is 100 cm³/mol. The van der Waals surface area contributed by atoms with Gasteiger partial charge in [0, 0.05) is 5.92 Å². The van der Waals surface area contributed by atoms with Gasteiger partial charge in [0.2, 0.25) is 6.79 Å². The number of benzene rings is 2. The van der Waals surface area contributed by atoms with Gasteiger partial charge in [0.1, 0.15) is 6.10 Å². The van der Waals surface area contributed by atoms with Crippen LogP contribution < -0.4 is 18.9 Å². The fraction of sp³-hybridized carbons (Fsp3) is 0.455. The van der Waals surface area contributed by atoms with Crippen LogP contribution in [-0.2, 0) is 4.74 Å². The zero-order chi connectivity index (χ0) is 18.4. The first-order valence-electron chi connectivity index (χ1n) is 9.59. The number of hydrogen-bond donors (Lipinski definition) is 0. The highest BCUT2D eigenvalue weighted by molar-refractivity contribution is 5.54. The van der Waals surface area contributed by atoms with Crippen molar-refractivity contribution in [3.05, 3.63) is 47.0 Å². The third-order valence-electron chi connectivity index (χ3n) is 5.98. The van der Waals surface area contributed by atoms with Crippen molar-refractivity contribution in [2.45, 2.75) is 43.8 Å². The predicted octanol–water partition coefficient (Wildman–Crippen LogP) is 4.58. The smallest absolute Gasteiger partial charge is 0.231 e. The van der Waals surface area contributed by atoms with Gasteiger partial charge in [-0.1, -0.05) is 18.9 Å². The quantitative estimate of drug-likeness (QED) is 0.794. The largest absolute Gasteiger partial charge is 0.493 e. The van der Waals surface area contributed by atoms with E-state index in [1.54, 1.807) is 14.2 Å². The Morgan fingerprint density at radius 3 is 2.41 bits per heavy atom. The molecule has 2 aromatic carbocycles. The van der Waals surface area contributed by atoms with Gasteiger partial charge in [-0.25, -0.2) is 0 Å². The van der Waals surface area contributed by atoms with Crippen molar-refractivity contribution in [3.8, 4) is 23.0 Å². The molecule has 0 radical (unpaired) electrons. The summed E-state index contributed by atoms with van der Waals surface area (Å²) in [5.41, 5.74) is 3.57. The number of fused-ring (bicyclic) bond motifs is 4. The van der Waals surface area contributed by atoms with Crippen molar-refractivity contribution in [2.24, 2.45) is 0 Å². The van der Waals surface area contributed by atoms with Crippen molar-refractivity contribution in [2.75, 3.05) is 21.0 Å². The van der Waals surface area contributed by atoms with Gasteiger partial charge in [0.05, 0.1) is 20.3 Å². The second kappa shape index (κ2) is 6.64. The summed E-state index contributed by atoms with van der Waals surface area (Å²) in [4.78, 5) is 0. The lowest BCUT2D eigenvalue weighted by molar-refractivity contribution is -0.0391. The van der Waals surface area contributed by atoms with E-state index in [1.807, 2.05) is 12.1 Å². The molecule has 0 bridgehead atoms. The number of methoxy groups -OCH3 is 2. The first kappa shape index (κ1) is 16.8. The van der Waals surface area contributed by atoms with Crippen LogP contribution in [0.15, 0.2) is 30.3 Å². The molecule has 0 N–H and O–H groups in total. The minimum atomic E-state index is -0.145. The van der Waals surface area contributed by atoms with Crippen molar-refractivity contribution in [1.82, 2.24) is 0 Å². The molecule has 2 aromatic rings. The normalized spacial score (nSPS) is 25.5. The molecule has 2 aliphatic heterocycles. The molecule has 3 aliphatic rings. The van der Waals surface area contributed by atoms with Crippen LogP contribution in [0.1, 0.15) is 54.4 Å². The second-order valence-corrected chi connectivity index (χ2v) is 7.39. The summed E-state index contributed by atoms with van der Waals surface area (Å²) in [6.07, 6.45) is 4.80. The third kappa shape index (κ3) is 2.72. The Hall–Kier alpha value is -2.40. The minimum Gasteiger partial charge on any atom is -0.493 e. The molecule has 0 saturated heterocycles. The Balaban J connectivity index is 1.64. The monoisotopic (exact) mass is 368 g/mol. The van der Waals surface area contributed by atoms with Crippen LogP contribution in [-0.4, -0.2) is 27.1 Å². The van der Waals surface area contributed by atoms with E-state index in [2.05, 4.69) is 18.2 Å². The highest BCUT2D eigenvalue weighted by Gasteiger charge is 2.39. The van der Waals surface area contributed by atoms with Gasteiger partial charge in [-0.3, -0.25) is 0 Å². The molecule has 27 heavy (non-hydrogen) atoms. The lowest BCUT2D eigenvalue weighted by atomic mass is 9.76. The van der Waals surface area contributed by atoms with E-state index in [0.717, 1.165) is 47.0 Å². The molecule has 0 amide bonds. The van der Waals surface area contributed by atoms with E-state index in [0.29, 0.717) is 5.92 Å². The second-order valence-electron chi connectivity index (χ2n) is 7.39. The first-order valence-corrected chi connectivity index (χ1v) is 9.59. The van der Waals surface area contributed by atoms with Crippen molar-refractivity contribution in [1.29, 1.82) is 0 Å². The summed E-state index contributed by atoms with van der Waals surface area (Å²) in [6.45, 7) is 0.274. The molecular formula is C22H24O5. The summed E-state index contributed by atoms with van der Waals surface area (Å²) in [5.74, 6) is 3.51. The Bertz CT molecular complexity index is 862. The molecule has 0 unspecified atom stereocenters. The number of ether oxygens (including phenoxy) is 5. The maximum Gasteiger partial charge on any atom is 0.231 e. The summed E-state index contributed by atoms with van der Waals surface area (Å²) in [5, 5.41) is 0. The highest BCUT2D eigenvalue weighted by Crippen LogP contribution is 2.50. The van der Waals surface area contributed by atoms with E-state index < -0.39 is 0 Å². The molecule has 142 valence electrons. The van der Waals surface area contributed by atoms with Gasteiger partial charge in [-0.15, -0.1) is 0 Å². The number of hydrogen-bond acceptors (Lipinski definition) is 5. The maximum atomic E-state index is 6.64. The summed E-state index contributed by atoms with van der Waals surface area (Å²) in [7, 11) is 3.37. The van der Waals surface area contributed by atoms with Gasteiger partial charge >= 0.3 is 0 Å². The SMILES string of the molecule is COc1cc2c(cc1OC)[C@H]1CCCC[C@H]1O[C@H]2c1ccc2c(c1)OCO2. The van der Waals surface area contributed by atoms with Crippen LogP contribution in [0, 0.1) is 0 Å². The molecule has 1 fully saturated rings. The van der Waals surface area contributed by atoms with Crippen LogP contribution >= 0.6 is 0 Å². The van der Waals surface area contributed by atoms with E-state index in [-0.39, 0.29) is 19.0 Å². The van der Waals surface area contributed by atoms with Gasteiger partial charge in [0.15, 0.2) is 23.0 Å². The molecular weight excluding hydrogens is 344 g/mol. The van der Waals surface area contributed by atoms with E-state index in [9.17, 15) is 0 Å². The first-order chi connectivity index (χ1) is 13.3. The number of rotatable bonds is 3. The molecule has 1 aliphatic carbocycles. The summed E-state index contributed by atoms with van der Waals surface area (Å²) in [6, 6.07) is 10.3. The van der Waals surface area contributed by atoms with Gasteiger partial charge in [-0.05, 0) is 53.8 Å². The minimum absolute atomic E-state index is 0.145. The van der Waals surface area contributed by atoms with Crippen LogP contribution in [0.25, 0.3) is 0 Å². The Morgan fingerprint density at radius 2 is 1.59 bits per heavy atom. The van der Waals surface area contributed by atoms with Crippen molar-refractivity contribution < 1.29 is 23.7 Å². The molecule has 0 spiro atoms. The Kier molecular flexibility index (Phi) is 4.12. The fourth-order valence-corrected chi connectivity index (χ4v) is 4.66. The van der Waals surface area contributed by atoms with Gasteiger partial charge in [-0.2, -0.15) is 0 Å². The topological polar surface area (TPSA) is 46.2 Å². The van der Waals surface area contributed by atoms with Gasteiger partial charge < -0.3 is 23.7 Å². The zero-order valence-electron chi connectivity index (χ0n) is 15.7. The highest BCUT2D eigenvalue weighted by atomic mass is 16.7. The van der Waals surface area contributed by atoms with Crippen LogP contribution in [0.3, 0.4) is 0 Å². The lowest BCUT2D eigenvalue weighted by Gasteiger charge is -2.41. The van der Waals surface area contributed by atoms with E-state index >= 15 is 0 Å². The fourth-order valence-electron chi connectivity index (χ4n) is 4.66. The maximum absolute atomic E-state index is 6.64. The Labute approximate surface area is 159 Å². The molecule has 1 saturated carbocycles. The standard InChI is InChI=1S/C22H24O5/c1-23-19-10-15-14-5-3-4-6-17(14)27-22(16(15)11-20(19)24-2)13-7-8-18-21(9-13)26-12-25-18/h7-11,14,17,22H,3-6,12H2,1-2H3/t14-,17-,22+/m1/s1. The zero-order valence-corrected chi connectivity index (χ0v) is 15.7. The molecule has 3 atom stereocenters. The van der Waals surface area contributed by atoms with Crippen molar-refractivity contribution in [3.63, 3.8) is 0 Å². The molecule has 0 aromatic heterocycles. The third-order valence-corrected chi connectivity index (χ3v) is 5.98.